The minimum absolute atomic E-state index is 0.0811. The van der Waals surface area contributed by atoms with Gasteiger partial charge in [-0.3, -0.25) is 9.59 Å². The van der Waals surface area contributed by atoms with Gasteiger partial charge in [-0.25, -0.2) is 0 Å². The average molecular weight is 369 g/mol. The second-order valence-electron chi connectivity index (χ2n) is 6.78. The van der Waals surface area contributed by atoms with E-state index in [2.05, 4.69) is 5.32 Å². The molecule has 2 amide bonds. The molecule has 4 nitrogen and oxygen atoms in total. The lowest BCUT2D eigenvalue weighted by atomic mass is 10.0. The Morgan fingerprint density at radius 3 is 2.67 bits per heavy atom. The number of hydrogen-bond donors (Lipinski definition) is 1. The van der Waals surface area contributed by atoms with Crippen LogP contribution in [0, 0.1) is 5.92 Å². The molecule has 2 atom stereocenters. The lowest BCUT2D eigenvalue weighted by molar-refractivity contribution is -0.130. The van der Waals surface area contributed by atoms with E-state index in [1.807, 2.05) is 17.9 Å². The lowest BCUT2D eigenvalue weighted by Gasteiger charge is -2.24. The summed E-state index contributed by atoms with van der Waals surface area (Å²) in [7, 11) is 0. The summed E-state index contributed by atoms with van der Waals surface area (Å²) in [6.07, 6.45) is 4.80. The second-order valence-corrected chi connectivity index (χ2v) is 7.63. The highest BCUT2D eigenvalue weighted by Crippen LogP contribution is 2.30. The Balaban J connectivity index is 1.61. The van der Waals surface area contributed by atoms with Crippen molar-refractivity contribution >= 4 is 35.0 Å². The van der Waals surface area contributed by atoms with Gasteiger partial charge in [-0.1, -0.05) is 42.1 Å². The van der Waals surface area contributed by atoms with Crippen LogP contribution in [0.4, 0.5) is 0 Å². The highest BCUT2D eigenvalue weighted by atomic mass is 35.5. The predicted molar refractivity (Wildman–Crippen MR) is 95.1 cm³/mol. The van der Waals surface area contributed by atoms with Crippen LogP contribution >= 0.6 is 23.2 Å². The molecule has 1 heterocycles. The summed E-state index contributed by atoms with van der Waals surface area (Å²) in [5.41, 5.74) is 0.825. The Morgan fingerprint density at radius 2 is 2.00 bits per heavy atom. The number of benzene rings is 1. The maximum Gasteiger partial charge on any atom is 0.225 e. The summed E-state index contributed by atoms with van der Waals surface area (Å²) in [6.45, 7) is 2.43. The van der Waals surface area contributed by atoms with Crippen molar-refractivity contribution in [2.75, 3.05) is 6.54 Å². The van der Waals surface area contributed by atoms with Crippen LogP contribution < -0.4 is 5.32 Å². The number of likely N-dealkylation sites (tertiary alicyclic amines) is 1. The van der Waals surface area contributed by atoms with Gasteiger partial charge in [0.1, 0.15) is 0 Å². The summed E-state index contributed by atoms with van der Waals surface area (Å²) in [6, 6.07) is 5.35. The van der Waals surface area contributed by atoms with Gasteiger partial charge in [0.2, 0.25) is 11.8 Å². The standard InChI is InChI=1S/C18H22Cl2N2O2/c1-11(15-7-6-13(19)9-16(15)20)21-18(24)12-8-17(23)22(10-12)14-4-2-3-5-14/h6-7,9,11-12,14H,2-5,8,10H2,1H3,(H,21,24)/t11-,12-/m0/s1. The Hall–Kier alpha value is -1.26. The van der Waals surface area contributed by atoms with Crippen molar-refractivity contribution in [3.63, 3.8) is 0 Å². The fraction of sp³-hybridized carbons (Fsp3) is 0.556. The van der Waals surface area contributed by atoms with Crippen LogP contribution in [0.15, 0.2) is 18.2 Å². The van der Waals surface area contributed by atoms with E-state index < -0.39 is 0 Å². The molecule has 2 aliphatic rings. The summed E-state index contributed by atoms with van der Waals surface area (Å²) >= 11 is 12.1. The summed E-state index contributed by atoms with van der Waals surface area (Å²) < 4.78 is 0. The third kappa shape index (κ3) is 3.70. The number of nitrogens with one attached hydrogen (secondary N) is 1. The zero-order valence-electron chi connectivity index (χ0n) is 13.7. The van der Waals surface area contributed by atoms with Gasteiger partial charge in [0.15, 0.2) is 0 Å². The van der Waals surface area contributed by atoms with Crippen molar-refractivity contribution in [1.82, 2.24) is 10.2 Å². The van der Waals surface area contributed by atoms with Gasteiger partial charge in [-0.05, 0) is 37.5 Å². The normalized spacial score (nSPS) is 22.9. The third-order valence-corrected chi connectivity index (χ3v) is 5.64. The molecule has 1 aromatic rings. The van der Waals surface area contributed by atoms with Crippen LogP contribution in [-0.4, -0.2) is 29.3 Å². The zero-order valence-corrected chi connectivity index (χ0v) is 15.2. The molecule has 6 heteroatoms. The van der Waals surface area contributed by atoms with Gasteiger partial charge < -0.3 is 10.2 Å². The molecule has 130 valence electrons. The maximum absolute atomic E-state index is 12.6. The Morgan fingerprint density at radius 1 is 1.29 bits per heavy atom. The van der Waals surface area contributed by atoms with Crippen LogP contribution in [0.3, 0.4) is 0 Å². The number of rotatable bonds is 4. The summed E-state index contributed by atoms with van der Waals surface area (Å²) in [4.78, 5) is 26.7. The van der Waals surface area contributed by atoms with E-state index in [4.69, 9.17) is 23.2 Å². The number of carbonyl (C=O) groups excluding carboxylic acids is 2. The molecule has 0 aromatic heterocycles. The van der Waals surface area contributed by atoms with Crippen LogP contribution in [0.5, 0.6) is 0 Å². The molecular formula is C18H22Cl2N2O2. The van der Waals surface area contributed by atoms with Crippen molar-refractivity contribution in [2.24, 2.45) is 5.92 Å². The largest absolute Gasteiger partial charge is 0.349 e. The molecule has 1 N–H and O–H groups in total. The minimum Gasteiger partial charge on any atom is -0.349 e. The Bertz CT molecular complexity index is 644. The van der Waals surface area contributed by atoms with Crippen LogP contribution in [-0.2, 0) is 9.59 Å². The first kappa shape index (κ1) is 17.6. The minimum atomic E-state index is -0.272. The molecule has 1 saturated heterocycles. The second kappa shape index (κ2) is 7.32. The van der Waals surface area contributed by atoms with Gasteiger partial charge in [0.25, 0.3) is 0 Å². The van der Waals surface area contributed by atoms with E-state index in [-0.39, 0.29) is 23.8 Å². The molecule has 0 radical (unpaired) electrons. The topological polar surface area (TPSA) is 49.4 Å². The number of carbonyl (C=O) groups is 2. The Kier molecular flexibility index (Phi) is 5.36. The highest BCUT2D eigenvalue weighted by molar-refractivity contribution is 6.35. The van der Waals surface area contributed by atoms with E-state index in [1.54, 1.807) is 12.1 Å². The van der Waals surface area contributed by atoms with Gasteiger partial charge >= 0.3 is 0 Å². The number of hydrogen-bond acceptors (Lipinski definition) is 2. The quantitative estimate of drug-likeness (QED) is 0.873. The molecule has 1 aliphatic heterocycles. The zero-order chi connectivity index (χ0) is 17.3. The molecule has 0 unspecified atom stereocenters. The molecule has 2 fully saturated rings. The van der Waals surface area contributed by atoms with Gasteiger partial charge in [0.05, 0.1) is 12.0 Å². The molecule has 24 heavy (non-hydrogen) atoms. The maximum atomic E-state index is 12.6. The first-order chi connectivity index (χ1) is 11.5. The van der Waals surface area contributed by atoms with E-state index in [0.717, 1.165) is 18.4 Å². The van der Waals surface area contributed by atoms with Crippen LogP contribution in [0.25, 0.3) is 0 Å². The van der Waals surface area contributed by atoms with Crippen molar-refractivity contribution in [3.8, 4) is 0 Å². The number of nitrogens with zero attached hydrogens (tertiary/aromatic N) is 1. The van der Waals surface area contributed by atoms with E-state index in [9.17, 15) is 9.59 Å². The fourth-order valence-corrected chi connectivity index (χ4v) is 4.31. The molecule has 3 rings (SSSR count). The predicted octanol–water partition coefficient (Wildman–Crippen LogP) is 3.96. The molecule has 0 bridgehead atoms. The fourth-order valence-electron chi connectivity index (χ4n) is 3.74. The van der Waals surface area contributed by atoms with Crippen molar-refractivity contribution < 1.29 is 9.59 Å². The monoisotopic (exact) mass is 368 g/mol. The van der Waals surface area contributed by atoms with E-state index in [0.29, 0.717) is 29.1 Å². The smallest absolute Gasteiger partial charge is 0.225 e. The average Bonchev–Trinajstić information content (AvgIpc) is 3.15. The molecule has 1 saturated carbocycles. The molecular weight excluding hydrogens is 347 g/mol. The third-order valence-electron chi connectivity index (χ3n) is 5.08. The van der Waals surface area contributed by atoms with Crippen molar-refractivity contribution in [2.45, 2.75) is 51.1 Å². The summed E-state index contributed by atoms with van der Waals surface area (Å²) in [5, 5.41) is 4.08. The highest BCUT2D eigenvalue weighted by Gasteiger charge is 2.38. The van der Waals surface area contributed by atoms with E-state index >= 15 is 0 Å². The molecule has 1 aliphatic carbocycles. The van der Waals surface area contributed by atoms with Gasteiger partial charge in [0, 0.05) is 29.1 Å². The Labute approximate surface area is 152 Å². The number of halogens is 2. The van der Waals surface area contributed by atoms with Crippen LogP contribution in [0.2, 0.25) is 10.0 Å². The summed E-state index contributed by atoms with van der Waals surface area (Å²) in [5.74, 6) is -0.242. The van der Waals surface area contributed by atoms with Crippen molar-refractivity contribution in [3.05, 3.63) is 33.8 Å². The van der Waals surface area contributed by atoms with Gasteiger partial charge in [-0.2, -0.15) is 0 Å². The molecule has 0 spiro atoms. The SMILES string of the molecule is C[C@H](NC(=O)[C@H]1CC(=O)N(C2CCCC2)C1)c1ccc(Cl)cc1Cl. The van der Waals surface area contributed by atoms with E-state index in [1.165, 1.54) is 12.8 Å². The van der Waals surface area contributed by atoms with Crippen molar-refractivity contribution in [1.29, 1.82) is 0 Å². The molecule has 1 aromatic carbocycles. The lowest BCUT2D eigenvalue weighted by Crippen LogP contribution is -2.37. The first-order valence-corrected chi connectivity index (χ1v) is 9.26. The van der Waals surface area contributed by atoms with Gasteiger partial charge in [-0.15, -0.1) is 0 Å². The van der Waals surface area contributed by atoms with Crippen LogP contribution in [0.1, 0.15) is 50.6 Å². The first-order valence-electron chi connectivity index (χ1n) is 8.50. The number of amides is 2.